The summed E-state index contributed by atoms with van der Waals surface area (Å²) in [4.78, 5) is 11.7. The molecule has 0 saturated carbocycles. The van der Waals surface area contributed by atoms with Crippen LogP contribution in [-0.4, -0.2) is 25.6 Å². The lowest BCUT2D eigenvalue weighted by atomic mass is 9.93. The van der Waals surface area contributed by atoms with E-state index >= 15 is 0 Å². The van der Waals surface area contributed by atoms with E-state index in [1.807, 2.05) is 44.2 Å². The molecule has 0 aliphatic rings. The lowest BCUT2D eigenvalue weighted by molar-refractivity contribution is -0.128. The van der Waals surface area contributed by atoms with E-state index in [9.17, 15) is 4.79 Å². The van der Waals surface area contributed by atoms with Crippen LogP contribution in [-0.2, 0) is 4.79 Å². The van der Waals surface area contributed by atoms with Crippen molar-refractivity contribution >= 4 is 5.91 Å². The first kappa shape index (κ1) is 14.5. The molecule has 0 radical (unpaired) electrons. The molecule has 4 nitrogen and oxygen atoms in total. The van der Waals surface area contributed by atoms with Gasteiger partial charge >= 0.3 is 0 Å². The Morgan fingerprint density at radius 3 is 2.61 bits per heavy atom. The monoisotopic (exact) mass is 250 g/mol. The van der Waals surface area contributed by atoms with Crippen LogP contribution in [0.5, 0.6) is 5.75 Å². The summed E-state index contributed by atoms with van der Waals surface area (Å²) in [6, 6.07) is 9.63. The van der Waals surface area contributed by atoms with E-state index in [0.717, 1.165) is 12.2 Å². The summed E-state index contributed by atoms with van der Waals surface area (Å²) in [5, 5.41) is 2.86. The van der Waals surface area contributed by atoms with Gasteiger partial charge in [-0.05, 0) is 32.4 Å². The molecule has 1 aromatic carbocycles. The molecule has 0 spiro atoms. The number of para-hydroxylation sites is 1. The summed E-state index contributed by atoms with van der Waals surface area (Å²) in [6.45, 7) is 5.22. The van der Waals surface area contributed by atoms with Gasteiger partial charge in [-0.3, -0.25) is 4.79 Å². The highest BCUT2D eigenvalue weighted by atomic mass is 16.5. The normalized spacial score (nSPS) is 11.1. The third kappa shape index (κ3) is 4.75. The van der Waals surface area contributed by atoms with Crippen LogP contribution in [0.2, 0.25) is 0 Å². The molecule has 0 atom stereocenters. The van der Waals surface area contributed by atoms with E-state index in [0.29, 0.717) is 19.7 Å². The number of carbonyl (C=O) groups is 1. The molecule has 0 saturated heterocycles. The molecule has 1 aromatic rings. The number of ether oxygens (including phenoxy) is 1. The molecule has 0 aliphatic carbocycles. The highest BCUT2D eigenvalue weighted by Gasteiger charge is 2.24. The van der Waals surface area contributed by atoms with Gasteiger partial charge in [0.2, 0.25) is 5.91 Å². The van der Waals surface area contributed by atoms with Crippen LogP contribution in [0.3, 0.4) is 0 Å². The first-order valence-electron chi connectivity index (χ1n) is 6.22. The molecule has 0 bridgehead atoms. The maximum Gasteiger partial charge on any atom is 0.226 e. The third-order valence-electron chi connectivity index (χ3n) is 2.74. The molecule has 1 rings (SSSR count). The fourth-order valence-electron chi connectivity index (χ4n) is 1.31. The van der Waals surface area contributed by atoms with Gasteiger partial charge in [0.15, 0.2) is 0 Å². The van der Waals surface area contributed by atoms with Gasteiger partial charge < -0.3 is 15.8 Å². The zero-order chi connectivity index (χ0) is 13.4. The van der Waals surface area contributed by atoms with Crippen molar-refractivity contribution in [2.75, 3.05) is 19.7 Å². The average Bonchev–Trinajstić information content (AvgIpc) is 2.39. The summed E-state index contributed by atoms with van der Waals surface area (Å²) >= 11 is 0. The van der Waals surface area contributed by atoms with Crippen LogP contribution in [0.1, 0.15) is 20.3 Å². The van der Waals surface area contributed by atoms with Crippen molar-refractivity contribution in [3.8, 4) is 5.75 Å². The Morgan fingerprint density at radius 1 is 1.33 bits per heavy atom. The maximum atomic E-state index is 11.7. The maximum absolute atomic E-state index is 11.7. The molecule has 0 aromatic heterocycles. The van der Waals surface area contributed by atoms with Crippen LogP contribution >= 0.6 is 0 Å². The molecular formula is C14H22N2O2. The minimum Gasteiger partial charge on any atom is -0.494 e. The molecule has 18 heavy (non-hydrogen) atoms. The largest absolute Gasteiger partial charge is 0.494 e. The molecule has 3 N–H and O–H groups in total. The van der Waals surface area contributed by atoms with E-state index in [1.54, 1.807) is 0 Å². The summed E-state index contributed by atoms with van der Waals surface area (Å²) in [5.41, 5.74) is 5.03. The van der Waals surface area contributed by atoms with Crippen LogP contribution in [0, 0.1) is 5.41 Å². The first-order valence-corrected chi connectivity index (χ1v) is 6.22. The Morgan fingerprint density at radius 2 is 2.00 bits per heavy atom. The summed E-state index contributed by atoms with van der Waals surface area (Å²) in [7, 11) is 0. The lowest BCUT2D eigenvalue weighted by Crippen LogP contribution is -2.42. The number of benzene rings is 1. The minimum absolute atomic E-state index is 0.00953. The van der Waals surface area contributed by atoms with Crippen molar-refractivity contribution in [2.45, 2.75) is 20.3 Å². The van der Waals surface area contributed by atoms with Gasteiger partial charge in [-0.2, -0.15) is 0 Å². The van der Waals surface area contributed by atoms with Gasteiger partial charge in [-0.1, -0.05) is 18.2 Å². The number of carbonyl (C=O) groups excluding carboxylic acids is 1. The molecule has 1 amide bonds. The van der Waals surface area contributed by atoms with Crippen molar-refractivity contribution in [1.82, 2.24) is 5.32 Å². The highest BCUT2D eigenvalue weighted by Crippen LogP contribution is 2.12. The van der Waals surface area contributed by atoms with E-state index in [4.69, 9.17) is 10.5 Å². The number of nitrogens with one attached hydrogen (secondary N) is 1. The minimum atomic E-state index is -0.500. The second-order valence-electron chi connectivity index (χ2n) is 4.86. The Labute approximate surface area is 109 Å². The molecule has 100 valence electrons. The van der Waals surface area contributed by atoms with Gasteiger partial charge in [0.05, 0.1) is 12.0 Å². The van der Waals surface area contributed by atoms with Gasteiger partial charge in [-0.25, -0.2) is 0 Å². The Kier molecular flexibility index (Phi) is 5.65. The first-order chi connectivity index (χ1) is 8.56. The summed E-state index contributed by atoms with van der Waals surface area (Å²) in [5.74, 6) is 0.843. The van der Waals surface area contributed by atoms with Crippen LogP contribution in [0.25, 0.3) is 0 Å². The fraction of sp³-hybridized carbons (Fsp3) is 0.500. The van der Waals surface area contributed by atoms with Crippen molar-refractivity contribution in [3.05, 3.63) is 30.3 Å². The highest BCUT2D eigenvalue weighted by molar-refractivity contribution is 5.81. The van der Waals surface area contributed by atoms with Gasteiger partial charge in [0, 0.05) is 13.1 Å². The second-order valence-corrected chi connectivity index (χ2v) is 4.86. The lowest BCUT2D eigenvalue weighted by Gasteiger charge is -2.21. The van der Waals surface area contributed by atoms with Crippen LogP contribution in [0.15, 0.2) is 30.3 Å². The van der Waals surface area contributed by atoms with E-state index in [2.05, 4.69) is 5.32 Å². The average molecular weight is 250 g/mol. The number of rotatable bonds is 7. The van der Waals surface area contributed by atoms with Crippen LogP contribution in [0.4, 0.5) is 0 Å². The van der Waals surface area contributed by atoms with Crippen molar-refractivity contribution in [1.29, 1.82) is 0 Å². The molecule has 0 fully saturated rings. The van der Waals surface area contributed by atoms with E-state index in [1.165, 1.54) is 0 Å². The third-order valence-corrected chi connectivity index (χ3v) is 2.74. The molecule has 4 heteroatoms. The second kappa shape index (κ2) is 7.01. The predicted octanol–water partition coefficient (Wildman–Crippen LogP) is 1.56. The molecule has 0 unspecified atom stereocenters. The Hall–Kier alpha value is -1.55. The number of amides is 1. The smallest absolute Gasteiger partial charge is 0.226 e. The zero-order valence-corrected chi connectivity index (χ0v) is 11.1. The van der Waals surface area contributed by atoms with Gasteiger partial charge in [-0.15, -0.1) is 0 Å². The number of nitrogens with two attached hydrogens (primary N) is 1. The molecule has 0 aliphatic heterocycles. The SMILES string of the molecule is CC(C)(CN)C(=O)NCCCOc1ccccc1. The number of hydrogen-bond acceptors (Lipinski definition) is 3. The quantitative estimate of drug-likeness (QED) is 0.722. The summed E-state index contributed by atoms with van der Waals surface area (Å²) < 4.78 is 5.52. The van der Waals surface area contributed by atoms with E-state index < -0.39 is 5.41 Å². The van der Waals surface area contributed by atoms with Crippen LogP contribution < -0.4 is 15.8 Å². The predicted molar refractivity (Wildman–Crippen MR) is 72.4 cm³/mol. The Balaban J connectivity index is 2.14. The fourth-order valence-corrected chi connectivity index (χ4v) is 1.31. The van der Waals surface area contributed by atoms with Crippen molar-refractivity contribution in [3.63, 3.8) is 0 Å². The van der Waals surface area contributed by atoms with E-state index in [-0.39, 0.29) is 5.91 Å². The molecular weight excluding hydrogens is 228 g/mol. The van der Waals surface area contributed by atoms with Gasteiger partial charge in [0.25, 0.3) is 0 Å². The van der Waals surface area contributed by atoms with Gasteiger partial charge in [0.1, 0.15) is 5.75 Å². The molecule has 0 heterocycles. The van der Waals surface area contributed by atoms with Crippen molar-refractivity contribution < 1.29 is 9.53 Å². The topological polar surface area (TPSA) is 64.4 Å². The van der Waals surface area contributed by atoms with Crippen molar-refractivity contribution in [2.24, 2.45) is 11.1 Å². The number of hydrogen-bond donors (Lipinski definition) is 2. The standard InChI is InChI=1S/C14H22N2O2/c1-14(2,11-15)13(17)16-9-6-10-18-12-7-4-3-5-8-12/h3-5,7-8H,6,9-11,15H2,1-2H3,(H,16,17). The zero-order valence-electron chi connectivity index (χ0n) is 11.1. The Bertz CT molecular complexity index is 363. The summed E-state index contributed by atoms with van der Waals surface area (Å²) in [6.07, 6.45) is 0.779.